The second-order valence-corrected chi connectivity index (χ2v) is 8.83. The monoisotopic (exact) mass is 420 g/mol. The minimum Gasteiger partial charge on any atom is -0.358 e. The lowest BCUT2D eigenvalue weighted by atomic mass is 9.84. The van der Waals surface area contributed by atoms with E-state index in [4.69, 9.17) is 62.7 Å². The maximum Gasteiger partial charge on any atom is 0.189 e. The molecule has 0 unspecified atom stereocenters. The molecular weight excluding hydrogens is 409 g/mol. The number of hydrogen-bond acceptors (Lipinski definition) is 1. The molecule has 4 rings (SSSR count). The van der Waals surface area contributed by atoms with Crippen LogP contribution in [0.4, 0.5) is 0 Å². The van der Waals surface area contributed by atoms with Crippen LogP contribution in [0.3, 0.4) is 0 Å². The van der Waals surface area contributed by atoms with Crippen LogP contribution in [0.2, 0.25) is 0 Å². The van der Waals surface area contributed by atoms with Gasteiger partial charge < -0.3 is 4.74 Å². The molecule has 126 valence electrons. The molecule has 0 radical (unpaired) electrons. The summed E-state index contributed by atoms with van der Waals surface area (Å²) in [5.41, 5.74) is 1.01. The zero-order valence-corrected chi connectivity index (χ0v) is 16.4. The van der Waals surface area contributed by atoms with Gasteiger partial charge in [0.25, 0.3) is 0 Å². The first-order valence-corrected chi connectivity index (χ1v) is 9.35. The van der Waals surface area contributed by atoms with Crippen LogP contribution in [0.5, 0.6) is 0 Å². The average molecular weight is 423 g/mol. The molecule has 6 heteroatoms. The van der Waals surface area contributed by atoms with Crippen LogP contribution in [-0.2, 0) is 4.74 Å². The van der Waals surface area contributed by atoms with Crippen molar-refractivity contribution >= 4 is 68.8 Å². The summed E-state index contributed by atoms with van der Waals surface area (Å²) in [7, 11) is 1.48. The van der Waals surface area contributed by atoms with Crippen molar-refractivity contribution in [2.24, 2.45) is 0 Å². The molecule has 2 aromatic rings. The first-order valence-electron chi connectivity index (χ1n) is 7.46. The molecule has 0 amide bonds. The molecule has 1 nitrogen and oxygen atoms in total. The highest BCUT2D eigenvalue weighted by Gasteiger charge is 2.79. The van der Waals surface area contributed by atoms with Crippen molar-refractivity contribution in [3.05, 3.63) is 58.1 Å². The molecule has 1 fully saturated rings. The average Bonchev–Trinajstić information content (AvgIpc) is 2.85. The van der Waals surface area contributed by atoms with Gasteiger partial charge in [0.1, 0.15) is 9.75 Å². The van der Waals surface area contributed by atoms with Gasteiger partial charge in [0.05, 0.1) is 10.1 Å². The van der Waals surface area contributed by atoms with Gasteiger partial charge in [-0.05, 0) is 22.8 Å². The molecule has 2 bridgehead atoms. The number of fused-ring (bicyclic) bond motifs is 3. The quantitative estimate of drug-likeness (QED) is 0.498. The van der Waals surface area contributed by atoms with Crippen LogP contribution < -0.4 is 0 Å². The maximum absolute atomic E-state index is 6.98. The van der Waals surface area contributed by atoms with E-state index >= 15 is 0 Å². The second-order valence-electron chi connectivity index (χ2n) is 6.30. The predicted octanol–water partition coefficient (Wildman–Crippen LogP) is 6.57. The normalized spacial score (nSPS) is 38.3. The smallest absolute Gasteiger partial charge is 0.189 e. The van der Waals surface area contributed by atoms with E-state index in [0.717, 1.165) is 16.3 Å². The van der Waals surface area contributed by atoms with Gasteiger partial charge in [-0.2, -0.15) is 0 Å². The molecule has 2 aliphatic rings. The van der Waals surface area contributed by atoms with E-state index in [2.05, 4.69) is 24.3 Å². The summed E-state index contributed by atoms with van der Waals surface area (Å²) >= 11 is 33.4. The Bertz CT molecular complexity index is 881. The number of hydrogen-bond donors (Lipinski definition) is 0. The Labute approximate surface area is 165 Å². The lowest BCUT2D eigenvalue weighted by Crippen LogP contribution is -2.50. The van der Waals surface area contributed by atoms with Crippen molar-refractivity contribution in [2.45, 2.75) is 27.1 Å². The predicted molar refractivity (Wildman–Crippen MR) is 103 cm³/mol. The Balaban J connectivity index is 1.91. The third-order valence-corrected chi connectivity index (χ3v) is 8.85. The zero-order chi connectivity index (χ0) is 17.3. The Morgan fingerprint density at radius 2 is 1.62 bits per heavy atom. The van der Waals surface area contributed by atoms with Crippen LogP contribution in [0.15, 0.2) is 52.5 Å². The van der Waals surface area contributed by atoms with Crippen LogP contribution in [0.1, 0.15) is 17.9 Å². The number of halogens is 5. The molecule has 0 aliphatic heterocycles. The third kappa shape index (κ3) is 1.84. The molecule has 4 atom stereocenters. The number of ether oxygens (including phenoxy) is 1. The van der Waals surface area contributed by atoms with Crippen molar-refractivity contribution < 1.29 is 4.74 Å². The molecule has 0 spiro atoms. The fraction of sp³-hybridized carbons (Fsp3) is 0.333. The Morgan fingerprint density at radius 1 is 0.958 bits per heavy atom. The minimum absolute atomic E-state index is 0.214. The van der Waals surface area contributed by atoms with Gasteiger partial charge in [0, 0.05) is 13.0 Å². The molecule has 1 saturated carbocycles. The molecule has 2 aliphatic carbocycles. The van der Waals surface area contributed by atoms with Gasteiger partial charge in [-0.25, -0.2) is 0 Å². The van der Waals surface area contributed by atoms with E-state index in [9.17, 15) is 0 Å². The van der Waals surface area contributed by atoms with Crippen molar-refractivity contribution in [2.75, 3.05) is 7.11 Å². The first kappa shape index (κ1) is 17.3. The molecule has 0 saturated heterocycles. The third-order valence-electron chi connectivity index (χ3n) is 5.26. The second kappa shape index (κ2) is 5.42. The SMILES string of the molecule is CO[C@@]1(Cl)[C@@]2(Cl)C[C@H](c3ccc4ccccc4c3)[C@]1(Cl)C(Cl)=C2Cl. The van der Waals surface area contributed by atoms with Gasteiger partial charge in [0.2, 0.25) is 0 Å². The minimum atomic E-state index is -1.41. The lowest BCUT2D eigenvalue weighted by molar-refractivity contribution is 0.0468. The number of rotatable bonds is 2. The van der Waals surface area contributed by atoms with Gasteiger partial charge in [0.15, 0.2) is 5.06 Å². The van der Waals surface area contributed by atoms with Crippen LogP contribution in [0.25, 0.3) is 10.8 Å². The first-order chi connectivity index (χ1) is 11.3. The maximum atomic E-state index is 6.98. The van der Waals surface area contributed by atoms with Gasteiger partial charge >= 0.3 is 0 Å². The largest absolute Gasteiger partial charge is 0.358 e. The van der Waals surface area contributed by atoms with Gasteiger partial charge in [-0.1, -0.05) is 77.3 Å². The number of methoxy groups -OCH3 is 1. The van der Waals surface area contributed by atoms with E-state index < -0.39 is 14.8 Å². The molecule has 24 heavy (non-hydrogen) atoms. The standard InChI is InChI=1S/C18H13Cl5O/c1-24-18(23)16(21)9-13(17(18,22)15(20)14(16)19)12-7-6-10-4-2-3-5-11(10)8-12/h2-8,13H,9H2,1H3/t13-,16-,17+,18+/m1/s1. The summed E-state index contributed by atoms with van der Waals surface area (Å²) in [5.74, 6) is -0.214. The van der Waals surface area contributed by atoms with E-state index in [1.807, 2.05) is 18.2 Å². The van der Waals surface area contributed by atoms with E-state index in [-0.39, 0.29) is 16.0 Å². The Kier molecular flexibility index (Phi) is 3.90. The Morgan fingerprint density at radius 3 is 2.25 bits per heavy atom. The summed E-state index contributed by atoms with van der Waals surface area (Å²) in [6.45, 7) is 0. The van der Waals surface area contributed by atoms with Crippen molar-refractivity contribution in [1.82, 2.24) is 0 Å². The van der Waals surface area contributed by atoms with Gasteiger partial charge in [-0.3, -0.25) is 0 Å². The molecular formula is C18H13Cl5O. The van der Waals surface area contributed by atoms with E-state index in [1.54, 1.807) is 0 Å². The number of alkyl halides is 3. The van der Waals surface area contributed by atoms with Gasteiger partial charge in [-0.15, -0.1) is 23.2 Å². The van der Waals surface area contributed by atoms with Crippen LogP contribution >= 0.6 is 58.0 Å². The van der Waals surface area contributed by atoms with Crippen molar-refractivity contribution in [3.63, 3.8) is 0 Å². The molecule has 2 aromatic carbocycles. The highest BCUT2D eigenvalue weighted by molar-refractivity contribution is 6.56. The number of benzene rings is 2. The molecule has 0 aromatic heterocycles. The summed E-state index contributed by atoms with van der Waals surface area (Å²) in [6, 6.07) is 14.3. The van der Waals surface area contributed by atoms with Crippen molar-refractivity contribution in [1.29, 1.82) is 0 Å². The summed E-state index contributed by atoms with van der Waals surface area (Å²) in [6.07, 6.45) is 0.447. The fourth-order valence-electron chi connectivity index (χ4n) is 4.01. The van der Waals surface area contributed by atoms with E-state index in [0.29, 0.717) is 6.42 Å². The van der Waals surface area contributed by atoms with Crippen LogP contribution in [-0.4, -0.2) is 21.9 Å². The molecule has 0 N–H and O–H groups in total. The lowest BCUT2D eigenvalue weighted by Gasteiger charge is -2.37. The van der Waals surface area contributed by atoms with E-state index in [1.165, 1.54) is 7.11 Å². The summed E-state index contributed by atoms with van der Waals surface area (Å²) in [5, 5.41) is 1.40. The molecule has 0 heterocycles. The fourth-order valence-corrected chi connectivity index (χ4v) is 6.44. The van der Waals surface area contributed by atoms with Crippen molar-refractivity contribution in [3.8, 4) is 0 Å². The zero-order valence-electron chi connectivity index (χ0n) is 12.6. The highest BCUT2D eigenvalue weighted by atomic mass is 35.5. The Hall–Kier alpha value is -0.150. The topological polar surface area (TPSA) is 9.23 Å². The highest BCUT2D eigenvalue weighted by Crippen LogP contribution is 2.75. The van der Waals surface area contributed by atoms with Crippen LogP contribution in [0, 0.1) is 0 Å². The summed E-state index contributed by atoms with van der Waals surface area (Å²) < 4.78 is 5.56. The summed E-state index contributed by atoms with van der Waals surface area (Å²) in [4.78, 5) is -2.37.